The molecule has 0 aliphatic carbocycles. The molecule has 31 heavy (non-hydrogen) atoms. The normalized spacial score (nSPS) is 21.7. The van der Waals surface area contributed by atoms with Crippen LogP contribution in [-0.2, 0) is 23.3 Å². The Kier molecular flexibility index (Phi) is 6.39. The molecule has 0 radical (unpaired) electrons. The van der Waals surface area contributed by atoms with Crippen molar-refractivity contribution in [2.24, 2.45) is 0 Å². The summed E-state index contributed by atoms with van der Waals surface area (Å²) in [5, 5.41) is 18.4. The van der Waals surface area contributed by atoms with E-state index in [9.17, 15) is 14.3 Å². The molecule has 2 aromatic carbocycles. The van der Waals surface area contributed by atoms with Crippen molar-refractivity contribution in [2.45, 2.75) is 31.0 Å². The topological polar surface area (TPSA) is 83.3 Å². The number of amides is 1. The fourth-order valence-corrected chi connectivity index (χ4v) is 4.20. The van der Waals surface area contributed by atoms with Crippen LogP contribution >= 0.6 is 0 Å². The van der Waals surface area contributed by atoms with E-state index in [1.165, 1.54) is 18.5 Å². The molecule has 4 rings (SSSR count). The maximum Gasteiger partial charge on any atom is 0.225 e. The number of aromatic nitrogens is 3. The molecular weight excluding hydrogens is 397 g/mol. The minimum Gasteiger partial charge on any atom is -0.389 e. The summed E-state index contributed by atoms with van der Waals surface area (Å²) in [6, 6.07) is 15.6. The van der Waals surface area contributed by atoms with Gasteiger partial charge in [0.1, 0.15) is 18.5 Å². The molecule has 1 fully saturated rings. The van der Waals surface area contributed by atoms with Gasteiger partial charge in [0.25, 0.3) is 0 Å². The van der Waals surface area contributed by atoms with Crippen molar-refractivity contribution in [3.8, 4) is 0 Å². The summed E-state index contributed by atoms with van der Waals surface area (Å²) in [4.78, 5) is 19.0. The van der Waals surface area contributed by atoms with Crippen molar-refractivity contribution in [2.75, 3.05) is 19.6 Å². The van der Waals surface area contributed by atoms with Crippen LogP contribution in [-0.4, -0.2) is 56.4 Å². The Balaban J connectivity index is 1.48. The van der Waals surface area contributed by atoms with E-state index >= 15 is 0 Å². The number of β-amino-alcohol motifs (C(OH)–C–C–N with tert-alkyl or cyclic N) is 1. The van der Waals surface area contributed by atoms with E-state index < -0.39 is 11.6 Å². The minimum absolute atomic E-state index is 0.0507. The molecule has 162 valence electrons. The van der Waals surface area contributed by atoms with Gasteiger partial charge in [-0.1, -0.05) is 42.5 Å². The third kappa shape index (κ3) is 4.98. The number of carbonyl (C=O) groups is 1. The van der Waals surface area contributed by atoms with E-state index in [0.717, 1.165) is 12.1 Å². The summed E-state index contributed by atoms with van der Waals surface area (Å²) in [5.74, 6) is -0.617. The number of benzene rings is 2. The van der Waals surface area contributed by atoms with Crippen LogP contribution in [0.2, 0.25) is 0 Å². The Bertz CT molecular complexity index is 998. The van der Waals surface area contributed by atoms with Crippen molar-refractivity contribution < 1.29 is 14.3 Å². The molecule has 0 bridgehead atoms. The molecule has 1 aliphatic rings. The summed E-state index contributed by atoms with van der Waals surface area (Å²) < 4.78 is 15.3. The standard InChI is InChI=1S/C23H26FN5O2/c24-20-8-4-5-18(13-20)14-22(31)27-23(19-6-2-1-3-7-19)9-10-28(15-21(23)30)11-12-29-17-25-16-26-29/h1-8,13,16-17,21,30H,9-12,14-15H2,(H,27,31)/t21-,23+/m1/s1. The Labute approximate surface area is 180 Å². The minimum atomic E-state index is -0.893. The molecule has 1 saturated heterocycles. The highest BCUT2D eigenvalue weighted by Gasteiger charge is 2.44. The molecule has 0 saturated carbocycles. The maximum atomic E-state index is 13.5. The van der Waals surface area contributed by atoms with Crippen molar-refractivity contribution >= 4 is 5.91 Å². The predicted molar refractivity (Wildman–Crippen MR) is 113 cm³/mol. The predicted octanol–water partition coefficient (Wildman–Crippen LogP) is 1.74. The fourth-order valence-electron chi connectivity index (χ4n) is 4.20. The molecule has 8 heteroatoms. The molecule has 0 unspecified atom stereocenters. The number of piperidine rings is 1. The average Bonchev–Trinajstić information content (AvgIpc) is 3.28. The Morgan fingerprint density at radius 1 is 1.19 bits per heavy atom. The van der Waals surface area contributed by atoms with Gasteiger partial charge >= 0.3 is 0 Å². The van der Waals surface area contributed by atoms with E-state index in [1.807, 2.05) is 30.3 Å². The van der Waals surface area contributed by atoms with Gasteiger partial charge in [-0.3, -0.25) is 14.4 Å². The SMILES string of the molecule is O=C(Cc1cccc(F)c1)N[C@]1(c2ccccc2)CCN(CCn2cncn2)C[C@H]1O. The van der Waals surface area contributed by atoms with Crippen LogP contribution < -0.4 is 5.32 Å². The molecule has 0 spiro atoms. The second kappa shape index (κ2) is 9.36. The van der Waals surface area contributed by atoms with Gasteiger partial charge in [-0.25, -0.2) is 9.37 Å². The molecule has 2 heterocycles. The molecule has 1 amide bonds. The van der Waals surface area contributed by atoms with Gasteiger partial charge in [-0.05, 0) is 29.7 Å². The third-order valence-electron chi connectivity index (χ3n) is 5.84. The van der Waals surface area contributed by atoms with Gasteiger partial charge in [-0.2, -0.15) is 5.10 Å². The summed E-state index contributed by atoms with van der Waals surface area (Å²) in [6.45, 7) is 2.53. The molecular formula is C23H26FN5O2. The monoisotopic (exact) mass is 423 g/mol. The van der Waals surface area contributed by atoms with Gasteiger partial charge in [0.15, 0.2) is 0 Å². The lowest BCUT2D eigenvalue weighted by atomic mass is 9.78. The first-order valence-electron chi connectivity index (χ1n) is 10.4. The number of nitrogens with one attached hydrogen (secondary N) is 1. The van der Waals surface area contributed by atoms with Crippen LogP contribution in [0.1, 0.15) is 17.5 Å². The quantitative estimate of drug-likeness (QED) is 0.605. The second-order valence-corrected chi connectivity index (χ2v) is 7.92. The van der Waals surface area contributed by atoms with Gasteiger partial charge in [0, 0.05) is 19.6 Å². The first-order chi connectivity index (χ1) is 15.0. The van der Waals surface area contributed by atoms with Gasteiger partial charge in [0.05, 0.1) is 24.6 Å². The molecule has 2 N–H and O–H groups in total. The number of rotatable bonds is 7. The maximum absolute atomic E-state index is 13.5. The molecule has 3 aromatic rings. The summed E-state index contributed by atoms with van der Waals surface area (Å²) in [7, 11) is 0. The first kappa shape index (κ1) is 21.1. The van der Waals surface area contributed by atoms with E-state index in [0.29, 0.717) is 31.6 Å². The summed E-state index contributed by atoms with van der Waals surface area (Å²) in [6.07, 6.45) is 2.98. The number of hydrogen-bond acceptors (Lipinski definition) is 5. The largest absolute Gasteiger partial charge is 0.389 e. The van der Waals surface area contributed by atoms with Crippen LogP contribution in [0.25, 0.3) is 0 Å². The fraction of sp³-hybridized carbons (Fsp3) is 0.348. The van der Waals surface area contributed by atoms with Crippen LogP contribution in [0.4, 0.5) is 4.39 Å². The number of likely N-dealkylation sites (tertiary alicyclic amines) is 1. The number of halogens is 1. The average molecular weight is 423 g/mol. The van der Waals surface area contributed by atoms with E-state index in [2.05, 4.69) is 20.3 Å². The third-order valence-corrected chi connectivity index (χ3v) is 5.84. The lowest BCUT2D eigenvalue weighted by Crippen LogP contribution is -2.62. The van der Waals surface area contributed by atoms with Gasteiger partial charge < -0.3 is 10.4 Å². The zero-order chi connectivity index (χ0) is 21.7. The second-order valence-electron chi connectivity index (χ2n) is 7.92. The smallest absolute Gasteiger partial charge is 0.225 e. The van der Waals surface area contributed by atoms with Crippen molar-refractivity contribution in [1.82, 2.24) is 25.0 Å². The molecule has 2 atom stereocenters. The van der Waals surface area contributed by atoms with Crippen molar-refractivity contribution in [3.05, 3.63) is 84.2 Å². The molecule has 7 nitrogen and oxygen atoms in total. The highest BCUT2D eigenvalue weighted by molar-refractivity contribution is 5.79. The zero-order valence-electron chi connectivity index (χ0n) is 17.2. The van der Waals surface area contributed by atoms with Crippen LogP contribution in [0.15, 0.2) is 67.3 Å². The Morgan fingerprint density at radius 2 is 2.03 bits per heavy atom. The van der Waals surface area contributed by atoms with Crippen LogP contribution in [0.5, 0.6) is 0 Å². The Morgan fingerprint density at radius 3 is 2.74 bits per heavy atom. The van der Waals surface area contributed by atoms with Crippen LogP contribution in [0, 0.1) is 5.82 Å². The Hall–Kier alpha value is -3.10. The number of aliphatic hydroxyl groups is 1. The summed E-state index contributed by atoms with van der Waals surface area (Å²) >= 11 is 0. The van der Waals surface area contributed by atoms with E-state index in [4.69, 9.17) is 0 Å². The number of carbonyl (C=O) groups excluding carboxylic acids is 1. The van der Waals surface area contributed by atoms with Gasteiger partial charge in [0.2, 0.25) is 5.91 Å². The van der Waals surface area contributed by atoms with Crippen molar-refractivity contribution in [1.29, 1.82) is 0 Å². The summed E-state index contributed by atoms with van der Waals surface area (Å²) in [5.41, 5.74) is 0.571. The van der Waals surface area contributed by atoms with E-state index in [-0.39, 0.29) is 18.1 Å². The highest BCUT2D eigenvalue weighted by Crippen LogP contribution is 2.33. The number of hydrogen-bond donors (Lipinski definition) is 2. The molecule has 1 aromatic heterocycles. The zero-order valence-corrected chi connectivity index (χ0v) is 17.2. The number of aliphatic hydroxyl groups excluding tert-OH is 1. The van der Waals surface area contributed by atoms with Gasteiger partial charge in [-0.15, -0.1) is 0 Å². The molecule has 1 aliphatic heterocycles. The lowest BCUT2D eigenvalue weighted by molar-refractivity contribution is -0.126. The highest BCUT2D eigenvalue weighted by atomic mass is 19.1. The first-order valence-corrected chi connectivity index (χ1v) is 10.4. The lowest BCUT2D eigenvalue weighted by Gasteiger charge is -2.46. The van der Waals surface area contributed by atoms with E-state index in [1.54, 1.807) is 23.1 Å². The van der Waals surface area contributed by atoms with Crippen molar-refractivity contribution in [3.63, 3.8) is 0 Å². The van der Waals surface area contributed by atoms with Crippen LogP contribution in [0.3, 0.4) is 0 Å². The number of nitrogens with zero attached hydrogens (tertiary/aromatic N) is 4.